The van der Waals surface area contributed by atoms with E-state index in [1.54, 1.807) is 0 Å². The lowest BCUT2D eigenvalue weighted by Gasteiger charge is -2.17. The Bertz CT molecular complexity index is 1220. The van der Waals surface area contributed by atoms with E-state index in [0.29, 0.717) is 5.69 Å². The van der Waals surface area contributed by atoms with Gasteiger partial charge in [0.15, 0.2) is 16.5 Å². The second-order valence-corrected chi connectivity index (χ2v) is 8.18. The van der Waals surface area contributed by atoms with Crippen LogP contribution < -0.4 is 5.32 Å². The number of anilines is 1. The van der Waals surface area contributed by atoms with Crippen molar-refractivity contribution in [3.8, 4) is 11.8 Å². The molecule has 1 N–H and O–H groups in total. The fourth-order valence-corrected chi connectivity index (χ4v) is 3.96. The number of aryl methyl sites for hydroxylation is 2. The highest BCUT2D eigenvalue weighted by atomic mass is 32.2. The number of rotatable bonds is 5. The Labute approximate surface area is 185 Å². The van der Waals surface area contributed by atoms with Crippen molar-refractivity contribution in [1.29, 1.82) is 5.26 Å². The highest BCUT2D eigenvalue weighted by molar-refractivity contribution is 7.86. The molecule has 3 rings (SSSR count). The molecule has 33 heavy (non-hydrogen) atoms. The molecule has 0 aliphatic rings. The predicted molar refractivity (Wildman–Crippen MR) is 105 cm³/mol. The quantitative estimate of drug-likeness (QED) is 0.535. The summed E-state index contributed by atoms with van der Waals surface area (Å²) >= 11 is 0. The van der Waals surface area contributed by atoms with Crippen molar-refractivity contribution in [1.82, 2.24) is 19.7 Å². The van der Waals surface area contributed by atoms with Gasteiger partial charge in [-0.25, -0.2) is 8.89 Å². The van der Waals surface area contributed by atoms with Crippen molar-refractivity contribution in [2.45, 2.75) is 37.0 Å². The largest absolute Gasteiger partial charge is 0.476 e. The number of nitrogens with one attached hydrogen (secondary N) is 1. The molecule has 0 spiro atoms. The Kier molecular flexibility index (Phi) is 6.46. The van der Waals surface area contributed by atoms with Crippen LogP contribution in [0.25, 0.3) is 5.69 Å². The first kappa shape index (κ1) is 24.2. The van der Waals surface area contributed by atoms with E-state index >= 15 is 0 Å². The molecule has 0 aliphatic carbocycles. The van der Waals surface area contributed by atoms with Crippen molar-refractivity contribution in [3.05, 3.63) is 58.8 Å². The van der Waals surface area contributed by atoms with Crippen LogP contribution in [0.15, 0.2) is 35.6 Å². The lowest BCUT2D eigenvalue weighted by molar-refractivity contribution is -0.137. The third-order valence-electron chi connectivity index (χ3n) is 4.43. The minimum Gasteiger partial charge on any atom is -0.363 e. The number of alkyl halides is 6. The number of hydrogen-bond donors (Lipinski definition) is 1. The molecule has 2 heterocycles. The van der Waals surface area contributed by atoms with Gasteiger partial charge in [-0.1, -0.05) is 0 Å². The molecule has 0 amide bonds. The number of halogens is 6. The van der Waals surface area contributed by atoms with E-state index in [-0.39, 0.29) is 23.4 Å². The fourth-order valence-electron chi connectivity index (χ4n) is 3.13. The first-order valence-electron chi connectivity index (χ1n) is 9.04. The molecule has 14 heteroatoms. The zero-order valence-corrected chi connectivity index (χ0v) is 17.7. The average molecular weight is 488 g/mol. The summed E-state index contributed by atoms with van der Waals surface area (Å²) in [4.78, 5) is 6.87. The fraction of sp³-hybridized carbons (Fsp3) is 0.263. The van der Waals surface area contributed by atoms with Crippen LogP contribution >= 0.6 is 0 Å². The molecule has 1 atom stereocenters. The number of nitrogens with zero attached hydrogens (tertiary/aromatic N) is 5. The highest BCUT2D eigenvalue weighted by Gasteiger charge is 2.43. The number of nitriles is 1. The SMILES string of the molecule is Cc1cc(C(F)(F)F)cc(C)c1-n1nc(C#N)c(S(=O)C(F)(F)F)c1NCc1cnccn1. The van der Waals surface area contributed by atoms with Gasteiger partial charge < -0.3 is 5.32 Å². The molecule has 0 saturated heterocycles. The molecule has 0 aliphatic heterocycles. The summed E-state index contributed by atoms with van der Waals surface area (Å²) in [5, 5.41) is 15.8. The Morgan fingerprint density at radius 2 is 1.76 bits per heavy atom. The van der Waals surface area contributed by atoms with E-state index in [4.69, 9.17) is 0 Å². The maximum atomic E-state index is 13.3. The zero-order valence-electron chi connectivity index (χ0n) is 16.9. The van der Waals surface area contributed by atoms with Crippen LogP contribution in [0.1, 0.15) is 28.1 Å². The molecular formula is C19H14F6N6OS. The molecule has 2 aromatic heterocycles. The third-order valence-corrected chi connectivity index (χ3v) is 5.61. The van der Waals surface area contributed by atoms with E-state index < -0.39 is 44.5 Å². The van der Waals surface area contributed by atoms with Crippen LogP contribution in [0.5, 0.6) is 0 Å². The monoisotopic (exact) mass is 488 g/mol. The van der Waals surface area contributed by atoms with Crippen LogP contribution in [0.4, 0.5) is 32.2 Å². The van der Waals surface area contributed by atoms with Crippen LogP contribution in [0, 0.1) is 25.2 Å². The molecule has 1 unspecified atom stereocenters. The Morgan fingerprint density at radius 1 is 1.12 bits per heavy atom. The number of hydrogen-bond acceptors (Lipinski definition) is 6. The van der Waals surface area contributed by atoms with Gasteiger partial charge in [-0.05, 0) is 37.1 Å². The number of benzene rings is 1. The highest BCUT2D eigenvalue weighted by Crippen LogP contribution is 2.38. The maximum absolute atomic E-state index is 13.3. The lowest BCUT2D eigenvalue weighted by Crippen LogP contribution is -2.19. The summed E-state index contributed by atoms with van der Waals surface area (Å²) in [7, 11) is -3.65. The Balaban J connectivity index is 2.24. The molecule has 0 bridgehead atoms. The number of aromatic nitrogens is 4. The van der Waals surface area contributed by atoms with Gasteiger partial charge >= 0.3 is 11.7 Å². The molecule has 0 fully saturated rings. The van der Waals surface area contributed by atoms with E-state index in [1.807, 2.05) is 0 Å². The van der Waals surface area contributed by atoms with E-state index in [2.05, 4.69) is 20.4 Å². The minimum atomic E-state index is -5.22. The summed E-state index contributed by atoms with van der Waals surface area (Å²) < 4.78 is 92.6. The van der Waals surface area contributed by atoms with E-state index in [1.165, 1.54) is 38.5 Å². The third kappa shape index (κ3) is 4.98. The lowest BCUT2D eigenvalue weighted by atomic mass is 10.0. The molecule has 174 valence electrons. The van der Waals surface area contributed by atoms with Gasteiger partial charge in [0.25, 0.3) is 0 Å². The molecule has 3 aromatic rings. The van der Waals surface area contributed by atoms with E-state index in [9.17, 15) is 35.8 Å². The van der Waals surface area contributed by atoms with Crippen molar-refractivity contribution >= 4 is 16.6 Å². The van der Waals surface area contributed by atoms with Gasteiger partial charge in [-0.15, -0.1) is 0 Å². The standard InChI is InChI=1S/C19H14F6N6OS/c1-10-5-12(18(20,21)22)6-11(2)15(10)31-17(29-9-13-8-27-3-4-28-13)16(14(7-26)30-31)33(32)19(23,24)25/h3-6,8,29H,9H2,1-2H3. The summed E-state index contributed by atoms with van der Waals surface area (Å²) in [6.07, 6.45) is -0.603. The first-order chi connectivity index (χ1) is 15.3. The van der Waals surface area contributed by atoms with Crippen LogP contribution in [0.3, 0.4) is 0 Å². The van der Waals surface area contributed by atoms with Gasteiger partial charge in [0, 0.05) is 12.4 Å². The predicted octanol–water partition coefficient (Wildman–Crippen LogP) is 4.41. The second-order valence-electron chi connectivity index (χ2n) is 6.77. The molecular weight excluding hydrogens is 474 g/mol. The summed E-state index contributed by atoms with van der Waals surface area (Å²) in [5.41, 5.74) is -6.59. The molecule has 0 saturated carbocycles. The Hall–Kier alpha value is -3.47. The molecule has 1 aromatic carbocycles. The normalized spacial score (nSPS) is 12.9. The van der Waals surface area contributed by atoms with Crippen LogP contribution in [-0.4, -0.2) is 29.5 Å². The van der Waals surface area contributed by atoms with Gasteiger partial charge in [0.2, 0.25) is 0 Å². The summed E-state index contributed by atoms with van der Waals surface area (Å²) in [5.74, 6) is -0.459. The van der Waals surface area contributed by atoms with Crippen LogP contribution in [-0.2, 0) is 23.5 Å². The van der Waals surface area contributed by atoms with Gasteiger partial charge in [0.05, 0.1) is 29.7 Å². The molecule has 0 radical (unpaired) electrons. The van der Waals surface area contributed by atoms with Crippen molar-refractivity contribution in [2.24, 2.45) is 0 Å². The second kappa shape index (κ2) is 8.81. The van der Waals surface area contributed by atoms with Crippen molar-refractivity contribution in [2.75, 3.05) is 5.32 Å². The summed E-state index contributed by atoms with van der Waals surface area (Å²) in [6, 6.07) is 3.10. The maximum Gasteiger partial charge on any atom is 0.476 e. The topological polar surface area (TPSA) is 96.5 Å². The van der Waals surface area contributed by atoms with Crippen molar-refractivity contribution < 1.29 is 30.6 Å². The zero-order chi connectivity index (χ0) is 24.6. The van der Waals surface area contributed by atoms with Gasteiger partial charge in [-0.3, -0.25) is 9.97 Å². The minimum absolute atomic E-state index is 0.00608. The smallest absolute Gasteiger partial charge is 0.363 e. The Morgan fingerprint density at radius 3 is 2.24 bits per heavy atom. The van der Waals surface area contributed by atoms with E-state index in [0.717, 1.165) is 16.8 Å². The van der Waals surface area contributed by atoms with Gasteiger partial charge in [0.1, 0.15) is 16.8 Å². The van der Waals surface area contributed by atoms with Crippen LogP contribution in [0.2, 0.25) is 0 Å². The average Bonchev–Trinajstić information content (AvgIpc) is 3.08. The van der Waals surface area contributed by atoms with Gasteiger partial charge in [-0.2, -0.15) is 36.7 Å². The first-order valence-corrected chi connectivity index (χ1v) is 10.2. The molecule has 7 nitrogen and oxygen atoms in total. The summed E-state index contributed by atoms with van der Waals surface area (Å²) in [6.45, 7) is 2.45. The van der Waals surface area contributed by atoms with Crippen molar-refractivity contribution in [3.63, 3.8) is 0 Å².